The van der Waals surface area contributed by atoms with E-state index in [4.69, 9.17) is 5.11 Å². The Labute approximate surface area is 113 Å². The van der Waals surface area contributed by atoms with Gasteiger partial charge in [0.1, 0.15) is 0 Å². The van der Waals surface area contributed by atoms with E-state index in [-0.39, 0.29) is 18.7 Å². The Morgan fingerprint density at radius 3 is 3.11 bits per heavy atom. The van der Waals surface area contributed by atoms with Crippen LogP contribution in [-0.2, 0) is 13.6 Å². The Morgan fingerprint density at radius 1 is 1.58 bits per heavy atom. The van der Waals surface area contributed by atoms with Crippen LogP contribution in [0.2, 0.25) is 0 Å². The molecule has 0 aromatic carbocycles. The Balaban J connectivity index is 1.89. The van der Waals surface area contributed by atoms with Crippen LogP contribution < -0.4 is 5.32 Å². The molecule has 6 heteroatoms. The van der Waals surface area contributed by atoms with Gasteiger partial charge < -0.3 is 15.3 Å². The largest absolute Gasteiger partial charge is 0.396 e. The molecule has 1 atom stereocenters. The Bertz CT molecular complexity index is 417. The summed E-state index contributed by atoms with van der Waals surface area (Å²) in [6.07, 6.45) is 5.55. The number of piperidine rings is 1. The zero-order valence-electron chi connectivity index (χ0n) is 11.4. The smallest absolute Gasteiger partial charge is 0.317 e. The Hall–Kier alpha value is -1.56. The van der Waals surface area contributed by atoms with Gasteiger partial charge in [0.2, 0.25) is 0 Å². The van der Waals surface area contributed by atoms with Crippen LogP contribution in [0.1, 0.15) is 31.4 Å². The topological polar surface area (TPSA) is 70.4 Å². The van der Waals surface area contributed by atoms with E-state index in [2.05, 4.69) is 10.4 Å². The number of aromatic nitrogens is 2. The minimum absolute atomic E-state index is 0.0423. The van der Waals surface area contributed by atoms with Crippen molar-refractivity contribution in [2.75, 3.05) is 13.2 Å². The van der Waals surface area contributed by atoms with Crippen LogP contribution in [0.4, 0.5) is 4.79 Å². The lowest BCUT2D eigenvalue weighted by atomic mass is 10.0. The number of aryl methyl sites for hydroxylation is 1. The van der Waals surface area contributed by atoms with Gasteiger partial charge in [-0.1, -0.05) is 0 Å². The third-order valence-corrected chi connectivity index (χ3v) is 3.69. The zero-order chi connectivity index (χ0) is 13.7. The molecule has 0 bridgehead atoms. The molecule has 1 aromatic heterocycles. The van der Waals surface area contributed by atoms with Crippen LogP contribution in [0.15, 0.2) is 12.3 Å². The maximum Gasteiger partial charge on any atom is 0.317 e. The number of nitrogens with one attached hydrogen (secondary N) is 1. The van der Waals surface area contributed by atoms with Crippen molar-refractivity contribution >= 4 is 6.03 Å². The van der Waals surface area contributed by atoms with Gasteiger partial charge in [-0.25, -0.2) is 4.79 Å². The number of amides is 2. The lowest BCUT2D eigenvalue weighted by Crippen LogP contribution is -2.48. The van der Waals surface area contributed by atoms with Crippen LogP contribution in [0.25, 0.3) is 0 Å². The standard InChI is InChI=1S/C13H22N4O2/c1-16-12(5-7-15-16)10-14-13(19)17-8-3-2-4-11(17)6-9-18/h5,7,11,18H,2-4,6,8-10H2,1H3,(H,14,19). The summed E-state index contributed by atoms with van der Waals surface area (Å²) in [7, 11) is 1.86. The lowest BCUT2D eigenvalue weighted by Gasteiger charge is -2.35. The number of hydrogen-bond donors (Lipinski definition) is 2. The fraction of sp³-hybridized carbons (Fsp3) is 0.692. The zero-order valence-corrected chi connectivity index (χ0v) is 11.4. The first-order valence-corrected chi connectivity index (χ1v) is 6.84. The van der Waals surface area contributed by atoms with Crippen molar-refractivity contribution in [1.82, 2.24) is 20.0 Å². The summed E-state index contributed by atoms with van der Waals surface area (Å²) < 4.78 is 1.75. The van der Waals surface area contributed by atoms with Crippen molar-refractivity contribution in [2.24, 2.45) is 7.05 Å². The Kier molecular flexibility index (Phi) is 4.79. The first kappa shape index (κ1) is 13.9. The van der Waals surface area contributed by atoms with E-state index >= 15 is 0 Å². The van der Waals surface area contributed by atoms with E-state index in [1.807, 2.05) is 18.0 Å². The van der Waals surface area contributed by atoms with E-state index < -0.39 is 0 Å². The van der Waals surface area contributed by atoms with E-state index in [0.29, 0.717) is 13.0 Å². The van der Waals surface area contributed by atoms with Gasteiger partial charge in [-0.05, 0) is 31.7 Å². The average molecular weight is 266 g/mol. The minimum atomic E-state index is -0.0423. The van der Waals surface area contributed by atoms with E-state index in [9.17, 15) is 4.79 Å². The highest BCUT2D eigenvalue weighted by atomic mass is 16.3. The van der Waals surface area contributed by atoms with Crippen LogP contribution in [-0.4, -0.2) is 45.0 Å². The minimum Gasteiger partial charge on any atom is -0.396 e. The molecule has 1 fully saturated rings. The second-order valence-electron chi connectivity index (χ2n) is 4.96. The molecule has 2 rings (SSSR count). The van der Waals surface area contributed by atoms with Gasteiger partial charge in [0.25, 0.3) is 0 Å². The number of likely N-dealkylation sites (tertiary alicyclic amines) is 1. The summed E-state index contributed by atoms with van der Waals surface area (Å²) in [5.41, 5.74) is 0.976. The highest BCUT2D eigenvalue weighted by Gasteiger charge is 2.25. The predicted octanol–water partition coefficient (Wildman–Crippen LogP) is 0.867. The van der Waals surface area contributed by atoms with Gasteiger partial charge >= 0.3 is 6.03 Å². The average Bonchev–Trinajstić information content (AvgIpc) is 2.82. The lowest BCUT2D eigenvalue weighted by molar-refractivity contribution is 0.131. The van der Waals surface area contributed by atoms with E-state index in [0.717, 1.165) is 31.5 Å². The van der Waals surface area contributed by atoms with Crippen LogP contribution >= 0.6 is 0 Å². The maximum absolute atomic E-state index is 12.2. The molecule has 1 aliphatic rings. The molecule has 1 saturated heterocycles. The third-order valence-electron chi connectivity index (χ3n) is 3.69. The first-order chi connectivity index (χ1) is 9.22. The number of carbonyl (C=O) groups excluding carboxylic acids is 1. The quantitative estimate of drug-likeness (QED) is 0.849. The van der Waals surface area contributed by atoms with Crippen molar-refractivity contribution in [3.05, 3.63) is 18.0 Å². The normalized spacial score (nSPS) is 19.5. The monoisotopic (exact) mass is 266 g/mol. The molecule has 0 radical (unpaired) electrons. The maximum atomic E-state index is 12.2. The molecule has 0 spiro atoms. The highest BCUT2D eigenvalue weighted by molar-refractivity contribution is 5.74. The molecule has 0 aliphatic carbocycles. The number of urea groups is 1. The van der Waals surface area contributed by atoms with Gasteiger partial charge in [-0.2, -0.15) is 5.10 Å². The molecular formula is C13H22N4O2. The summed E-state index contributed by atoms with van der Waals surface area (Å²) in [6.45, 7) is 1.40. The van der Waals surface area contributed by atoms with Gasteiger partial charge in [-0.15, -0.1) is 0 Å². The number of rotatable bonds is 4. The molecular weight excluding hydrogens is 244 g/mol. The molecule has 2 amide bonds. The second kappa shape index (κ2) is 6.56. The molecule has 106 valence electrons. The molecule has 2 heterocycles. The highest BCUT2D eigenvalue weighted by Crippen LogP contribution is 2.19. The van der Waals surface area contributed by atoms with Gasteiger partial charge in [0, 0.05) is 32.4 Å². The van der Waals surface area contributed by atoms with Crippen LogP contribution in [0, 0.1) is 0 Å². The molecule has 6 nitrogen and oxygen atoms in total. The fourth-order valence-corrected chi connectivity index (χ4v) is 2.56. The van der Waals surface area contributed by atoms with E-state index in [1.165, 1.54) is 0 Å². The number of nitrogens with zero attached hydrogens (tertiary/aromatic N) is 3. The predicted molar refractivity (Wildman–Crippen MR) is 71.5 cm³/mol. The van der Waals surface area contributed by atoms with Crippen molar-refractivity contribution in [2.45, 2.75) is 38.3 Å². The fourth-order valence-electron chi connectivity index (χ4n) is 2.56. The van der Waals surface area contributed by atoms with Gasteiger partial charge in [0.15, 0.2) is 0 Å². The molecule has 2 N–H and O–H groups in total. The number of aliphatic hydroxyl groups is 1. The summed E-state index contributed by atoms with van der Waals surface area (Å²) >= 11 is 0. The van der Waals surface area contributed by atoms with Gasteiger partial charge in [-0.3, -0.25) is 4.68 Å². The van der Waals surface area contributed by atoms with Crippen molar-refractivity contribution in [1.29, 1.82) is 0 Å². The molecule has 19 heavy (non-hydrogen) atoms. The van der Waals surface area contributed by atoms with Gasteiger partial charge in [0.05, 0.1) is 12.2 Å². The summed E-state index contributed by atoms with van der Waals surface area (Å²) in [5, 5.41) is 16.1. The summed E-state index contributed by atoms with van der Waals surface area (Å²) in [6, 6.07) is 2.02. The van der Waals surface area contributed by atoms with Crippen LogP contribution in [0.5, 0.6) is 0 Å². The van der Waals surface area contributed by atoms with Crippen molar-refractivity contribution in [3.8, 4) is 0 Å². The summed E-state index contributed by atoms with van der Waals surface area (Å²) in [5.74, 6) is 0. The summed E-state index contributed by atoms with van der Waals surface area (Å²) in [4.78, 5) is 14.1. The number of carbonyl (C=O) groups is 1. The number of hydrogen-bond acceptors (Lipinski definition) is 3. The van der Waals surface area contributed by atoms with Crippen molar-refractivity contribution < 1.29 is 9.90 Å². The molecule has 1 aliphatic heterocycles. The first-order valence-electron chi connectivity index (χ1n) is 6.84. The van der Waals surface area contributed by atoms with E-state index in [1.54, 1.807) is 10.9 Å². The Morgan fingerprint density at radius 2 is 2.42 bits per heavy atom. The number of aliphatic hydroxyl groups excluding tert-OH is 1. The van der Waals surface area contributed by atoms with Crippen LogP contribution in [0.3, 0.4) is 0 Å². The third kappa shape index (κ3) is 3.47. The molecule has 1 unspecified atom stereocenters. The second-order valence-corrected chi connectivity index (χ2v) is 4.96. The molecule has 0 saturated carbocycles. The molecule has 1 aromatic rings. The SMILES string of the molecule is Cn1nccc1CNC(=O)N1CCCCC1CCO. The van der Waals surface area contributed by atoms with Crippen molar-refractivity contribution in [3.63, 3.8) is 0 Å².